The highest BCUT2D eigenvalue weighted by Gasteiger charge is 2.42. The summed E-state index contributed by atoms with van der Waals surface area (Å²) in [5.41, 5.74) is -2.12. The predicted molar refractivity (Wildman–Crippen MR) is 70.7 cm³/mol. The molecule has 0 saturated carbocycles. The molecule has 0 spiro atoms. The van der Waals surface area contributed by atoms with Crippen molar-refractivity contribution in [3.05, 3.63) is 0 Å². The number of rotatable bonds is 11. The van der Waals surface area contributed by atoms with Gasteiger partial charge in [-0.15, -0.1) is 0 Å². The molecular formula is C9H23NO7P2. The second kappa shape index (κ2) is 9.21. The van der Waals surface area contributed by atoms with Crippen molar-refractivity contribution in [3.8, 4) is 0 Å². The van der Waals surface area contributed by atoms with E-state index >= 15 is 0 Å². The first-order chi connectivity index (χ1) is 8.69. The smallest absolute Gasteiger partial charge is 0.354 e. The largest absolute Gasteiger partial charge is 0.396 e. The highest BCUT2D eigenvalue weighted by atomic mass is 31.2. The summed E-state index contributed by atoms with van der Waals surface area (Å²) in [6.45, 7) is 0.314. The minimum atomic E-state index is -4.87. The Balaban J connectivity index is 3.85. The van der Waals surface area contributed by atoms with Gasteiger partial charge in [-0.1, -0.05) is 25.7 Å². The molecule has 0 fully saturated rings. The lowest BCUT2D eigenvalue weighted by Crippen LogP contribution is -2.29. The van der Waals surface area contributed by atoms with E-state index in [1.165, 1.54) is 0 Å². The van der Waals surface area contributed by atoms with Gasteiger partial charge in [0.1, 0.15) is 0 Å². The van der Waals surface area contributed by atoms with Crippen LogP contribution in [0.15, 0.2) is 0 Å². The number of nitrogens with one attached hydrogen (secondary N) is 1. The monoisotopic (exact) mass is 319 g/mol. The molecule has 0 bridgehead atoms. The van der Waals surface area contributed by atoms with Gasteiger partial charge in [-0.3, -0.25) is 14.4 Å². The van der Waals surface area contributed by atoms with Crippen molar-refractivity contribution >= 4 is 15.2 Å². The van der Waals surface area contributed by atoms with E-state index in [9.17, 15) is 9.13 Å². The summed E-state index contributed by atoms with van der Waals surface area (Å²) < 4.78 is 21.9. The van der Waals surface area contributed by atoms with Gasteiger partial charge in [0.05, 0.1) is 0 Å². The van der Waals surface area contributed by atoms with E-state index in [1.807, 2.05) is 0 Å². The van der Waals surface area contributed by atoms with Crippen molar-refractivity contribution < 1.29 is 33.8 Å². The fourth-order valence-corrected chi connectivity index (χ4v) is 3.91. The highest BCUT2D eigenvalue weighted by molar-refractivity contribution is 7.70. The molecule has 0 amide bonds. The molecule has 0 aliphatic heterocycles. The molecule has 0 unspecified atom stereocenters. The van der Waals surface area contributed by atoms with Gasteiger partial charge in [0.2, 0.25) is 5.52 Å². The summed E-state index contributed by atoms with van der Waals surface area (Å²) in [6.07, 6.45) is 4.94. The number of hydrogen-bond donors (Lipinski definition) is 6. The van der Waals surface area contributed by atoms with Gasteiger partial charge in [-0.25, -0.2) is 0 Å². The SMILES string of the molecule is O=P(O)(O)C(NCCCCCCCCO)P(=O)(O)O. The quantitative estimate of drug-likeness (QED) is 0.239. The summed E-state index contributed by atoms with van der Waals surface area (Å²) in [7, 11) is -9.74. The van der Waals surface area contributed by atoms with Crippen LogP contribution in [0.2, 0.25) is 0 Å². The first-order valence-corrected chi connectivity index (χ1v) is 9.50. The Hall–Kier alpha value is 0.220. The van der Waals surface area contributed by atoms with E-state index in [1.54, 1.807) is 0 Å². The average Bonchev–Trinajstić information content (AvgIpc) is 2.23. The number of aliphatic hydroxyl groups is 1. The molecular weight excluding hydrogens is 296 g/mol. The zero-order valence-corrected chi connectivity index (χ0v) is 12.5. The predicted octanol–water partition coefficient (Wildman–Crippen LogP) is 0.548. The van der Waals surface area contributed by atoms with Crippen molar-refractivity contribution in [2.45, 2.75) is 44.0 Å². The van der Waals surface area contributed by atoms with Crippen LogP contribution in [0, 0.1) is 0 Å². The highest BCUT2D eigenvalue weighted by Crippen LogP contribution is 2.58. The molecule has 0 saturated heterocycles. The van der Waals surface area contributed by atoms with Crippen molar-refractivity contribution in [2.75, 3.05) is 13.2 Å². The Kier molecular flexibility index (Phi) is 9.32. The Labute approximate surface area is 112 Å². The van der Waals surface area contributed by atoms with Gasteiger partial charge in [-0.05, 0) is 19.4 Å². The fourth-order valence-electron chi connectivity index (χ4n) is 1.61. The molecule has 0 aromatic rings. The summed E-state index contributed by atoms with van der Waals surface area (Å²) >= 11 is 0. The van der Waals surface area contributed by atoms with E-state index in [0.29, 0.717) is 6.42 Å². The van der Waals surface area contributed by atoms with E-state index in [0.717, 1.165) is 32.1 Å². The first kappa shape index (κ1) is 19.2. The maximum absolute atomic E-state index is 10.9. The lowest BCUT2D eigenvalue weighted by molar-refractivity contribution is 0.282. The second-order valence-corrected chi connectivity index (χ2v) is 8.15. The van der Waals surface area contributed by atoms with Crippen molar-refractivity contribution in [1.82, 2.24) is 5.32 Å². The van der Waals surface area contributed by atoms with Gasteiger partial charge < -0.3 is 24.7 Å². The van der Waals surface area contributed by atoms with Crippen LogP contribution in [0.4, 0.5) is 0 Å². The van der Waals surface area contributed by atoms with Gasteiger partial charge in [0, 0.05) is 6.61 Å². The molecule has 0 aliphatic carbocycles. The molecule has 19 heavy (non-hydrogen) atoms. The zero-order chi connectivity index (χ0) is 14.9. The van der Waals surface area contributed by atoms with Crippen LogP contribution in [0.25, 0.3) is 0 Å². The minimum absolute atomic E-state index is 0.140. The minimum Gasteiger partial charge on any atom is -0.396 e. The van der Waals surface area contributed by atoms with Crippen molar-refractivity contribution in [3.63, 3.8) is 0 Å². The van der Waals surface area contributed by atoms with Gasteiger partial charge >= 0.3 is 15.2 Å². The summed E-state index contributed by atoms with van der Waals surface area (Å²) in [6, 6.07) is 0. The van der Waals surface area contributed by atoms with Crippen LogP contribution in [0.1, 0.15) is 38.5 Å². The third-order valence-electron chi connectivity index (χ3n) is 2.55. The molecule has 116 valence electrons. The van der Waals surface area contributed by atoms with E-state index in [2.05, 4.69) is 5.32 Å². The number of unbranched alkanes of at least 4 members (excludes halogenated alkanes) is 5. The maximum Gasteiger partial charge on any atom is 0.354 e. The normalized spacial score (nSPS) is 13.2. The molecule has 0 aromatic carbocycles. The number of hydrogen-bond acceptors (Lipinski definition) is 4. The first-order valence-electron chi connectivity index (χ1n) is 6.14. The summed E-state index contributed by atoms with van der Waals surface area (Å²) in [4.78, 5) is 35.4. The Morgan fingerprint density at radius 2 is 1.21 bits per heavy atom. The van der Waals surface area contributed by atoms with Gasteiger partial charge in [0.15, 0.2) is 0 Å². The van der Waals surface area contributed by atoms with Crippen LogP contribution < -0.4 is 5.32 Å². The average molecular weight is 319 g/mol. The van der Waals surface area contributed by atoms with E-state index < -0.39 is 20.7 Å². The fraction of sp³-hybridized carbons (Fsp3) is 1.00. The van der Waals surface area contributed by atoms with E-state index in [4.69, 9.17) is 24.7 Å². The molecule has 0 atom stereocenters. The molecule has 0 aliphatic rings. The molecule has 6 N–H and O–H groups in total. The molecule has 8 nitrogen and oxygen atoms in total. The van der Waals surface area contributed by atoms with Gasteiger partial charge in [0.25, 0.3) is 0 Å². The van der Waals surface area contributed by atoms with Crippen LogP contribution in [0.3, 0.4) is 0 Å². The Morgan fingerprint density at radius 3 is 1.63 bits per heavy atom. The van der Waals surface area contributed by atoms with Crippen LogP contribution in [-0.2, 0) is 9.13 Å². The lowest BCUT2D eigenvalue weighted by Gasteiger charge is -2.20. The van der Waals surface area contributed by atoms with E-state index in [-0.39, 0.29) is 13.2 Å². The summed E-state index contributed by atoms with van der Waals surface area (Å²) in [5, 5.41) is 10.8. The Morgan fingerprint density at radius 1 is 0.789 bits per heavy atom. The van der Waals surface area contributed by atoms with Crippen LogP contribution in [-0.4, -0.2) is 43.4 Å². The maximum atomic E-state index is 10.9. The molecule has 0 radical (unpaired) electrons. The zero-order valence-electron chi connectivity index (χ0n) is 10.7. The molecule has 0 aromatic heterocycles. The van der Waals surface area contributed by atoms with Crippen molar-refractivity contribution in [1.29, 1.82) is 0 Å². The molecule has 0 heterocycles. The standard InChI is InChI=1S/C9H23NO7P2/c11-8-6-4-2-1-3-5-7-10-9(18(12,13)14)19(15,16)17/h9-11H,1-8H2,(H2,12,13,14)(H2,15,16,17). The van der Waals surface area contributed by atoms with Crippen molar-refractivity contribution in [2.24, 2.45) is 0 Å². The second-order valence-electron chi connectivity index (χ2n) is 4.35. The molecule has 10 heteroatoms. The third kappa shape index (κ3) is 9.71. The third-order valence-corrected chi connectivity index (χ3v) is 5.99. The number of aliphatic hydroxyl groups excluding tert-OH is 1. The lowest BCUT2D eigenvalue weighted by atomic mass is 10.1. The topological polar surface area (TPSA) is 147 Å². The summed E-state index contributed by atoms with van der Waals surface area (Å²) in [5.74, 6) is 0. The van der Waals surface area contributed by atoms with Crippen LogP contribution in [0.5, 0.6) is 0 Å². The Bertz CT molecular complexity index is 305. The molecule has 0 rings (SSSR count). The van der Waals surface area contributed by atoms with Crippen LogP contribution >= 0.6 is 15.2 Å². The van der Waals surface area contributed by atoms with Gasteiger partial charge in [-0.2, -0.15) is 0 Å².